The molecule has 1 amide bonds. The van der Waals surface area contributed by atoms with E-state index in [-0.39, 0.29) is 18.1 Å². The smallest absolute Gasteiger partial charge is 0.229 e. The molecule has 2 aliphatic rings. The lowest BCUT2D eigenvalue weighted by Gasteiger charge is -2.37. The van der Waals surface area contributed by atoms with E-state index in [9.17, 15) is 4.79 Å². The highest BCUT2D eigenvalue weighted by Gasteiger charge is 2.42. The van der Waals surface area contributed by atoms with Crippen LogP contribution in [-0.4, -0.2) is 54.3 Å². The van der Waals surface area contributed by atoms with Crippen molar-refractivity contribution in [2.75, 3.05) is 26.4 Å². The quantitative estimate of drug-likeness (QED) is 0.593. The number of morpholine rings is 1. The normalized spacial score (nSPS) is 26.8. The van der Waals surface area contributed by atoms with Crippen LogP contribution in [0.5, 0.6) is 0 Å². The minimum Gasteiger partial charge on any atom is -0.377 e. The topological polar surface area (TPSA) is 51.7 Å². The van der Waals surface area contributed by atoms with Gasteiger partial charge in [-0.2, -0.15) is 0 Å². The predicted molar refractivity (Wildman–Crippen MR) is 86.9 cm³/mol. The van der Waals surface area contributed by atoms with Crippen LogP contribution in [0, 0.1) is 5.92 Å². The van der Waals surface area contributed by atoms with Gasteiger partial charge in [-0.1, -0.05) is 12.1 Å². The summed E-state index contributed by atoms with van der Waals surface area (Å²) in [6.07, 6.45) is 5.93. The monoisotopic (exact) mass is 316 g/mol. The number of nitrogens with zero attached hydrogens (tertiary/aromatic N) is 2. The Morgan fingerprint density at radius 3 is 3.17 bits per heavy atom. The van der Waals surface area contributed by atoms with Crippen molar-refractivity contribution in [3.63, 3.8) is 0 Å². The molecule has 0 radical (unpaired) electrons. The standard InChI is InChI=1S/C18H24N2O3/c1-2-8-22-13-14-10-16-17(11-14)23-9-7-20(16)18(21)12-15-5-3-4-6-19-15/h2-6,14,16-17H,1,7-13H2/t14-,16-,17-/m1/s1. The van der Waals surface area contributed by atoms with E-state index in [1.165, 1.54) is 0 Å². The number of rotatable bonds is 6. The highest BCUT2D eigenvalue weighted by atomic mass is 16.5. The number of aromatic nitrogens is 1. The second-order valence-electron chi connectivity index (χ2n) is 6.23. The SMILES string of the molecule is C=CCOC[C@@H]1C[C@@H]2[C@@H](C1)OCCN2C(=O)Cc1ccccn1. The lowest BCUT2D eigenvalue weighted by atomic mass is 10.1. The summed E-state index contributed by atoms with van der Waals surface area (Å²) in [7, 11) is 0. The molecule has 1 saturated carbocycles. The number of carbonyl (C=O) groups excluding carboxylic acids is 1. The Balaban J connectivity index is 1.59. The first-order valence-electron chi connectivity index (χ1n) is 8.27. The Kier molecular flexibility index (Phi) is 5.41. The molecule has 2 fully saturated rings. The summed E-state index contributed by atoms with van der Waals surface area (Å²) >= 11 is 0. The molecule has 0 spiro atoms. The summed E-state index contributed by atoms with van der Waals surface area (Å²) in [5.74, 6) is 0.600. The number of carbonyl (C=O) groups is 1. The Morgan fingerprint density at radius 1 is 1.48 bits per heavy atom. The summed E-state index contributed by atoms with van der Waals surface area (Å²) in [5, 5.41) is 0. The number of ether oxygens (including phenoxy) is 2. The molecule has 0 bridgehead atoms. The van der Waals surface area contributed by atoms with Gasteiger partial charge in [-0.3, -0.25) is 9.78 Å². The highest BCUT2D eigenvalue weighted by Crippen LogP contribution is 2.34. The fraction of sp³-hybridized carbons (Fsp3) is 0.556. The molecule has 0 unspecified atom stereocenters. The van der Waals surface area contributed by atoms with Gasteiger partial charge in [-0.25, -0.2) is 0 Å². The lowest BCUT2D eigenvalue weighted by Crippen LogP contribution is -2.51. The Hall–Kier alpha value is -1.72. The predicted octanol–water partition coefficient (Wildman–Crippen LogP) is 1.83. The van der Waals surface area contributed by atoms with Crippen molar-refractivity contribution >= 4 is 5.91 Å². The fourth-order valence-corrected chi connectivity index (χ4v) is 3.57. The number of pyridine rings is 1. The number of fused-ring (bicyclic) bond motifs is 1. The molecule has 1 aromatic heterocycles. The maximum Gasteiger partial charge on any atom is 0.229 e. The van der Waals surface area contributed by atoms with E-state index in [1.807, 2.05) is 23.1 Å². The molecule has 1 aliphatic carbocycles. The van der Waals surface area contributed by atoms with Gasteiger partial charge in [-0.15, -0.1) is 6.58 Å². The van der Waals surface area contributed by atoms with E-state index in [0.29, 0.717) is 38.7 Å². The van der Waals surface area contributed by atoms with Crippen LogP contribution in [0.25, 0.3) is 0 Å². The van der Waals surface area contributed by atoms with Gasteiger partial charge in [0.1, 0.15) is 0 Å². The Labute approximate surface area is 137 Å². The number of hydrogen-bond donors (Lipinski definition) is 0. The molecule has 23 heavy (non-hydrogen) atoms. The second-order valence-corrected chi connectivity index (χ2v) is 6.23. The minimum absolute atomic E-state index is 0.147. The Morgan fingerprint density at radius 2 is 2.39 bits per heavy atom. The summed E-state index contributed by atoms with van der Waals surface area (Å²) in [6.45, 7) is 6.25. The van der Waals surface area contributed by atoms with Gasteiger partial charge in [-0.05, 0) is 30.9 Å². The van der Waals surface area contributed by atoms with Crippen molar-refractivity contribution in [2.24, 2.45) is 5.92 Å². The number of amides is 1. The summed E-state index contributed by atoms with van der Waals surface area (Å²) in [5.41, 5.74) is 0.824. The van der Waals surface area contributed by atoms with Crippen LogP contribution in [0.15, 0.2) is 37.1 Å². The van der Waals surface area contributed by atoms with Crippen LogP contribution in [0.3, 0.4) is 0 Å². The highest BCUT2D eigenvalue weighted by molar-refractivity contribution is 5.78. The largest absolute Gasteiger partial charge is 0.377 e. The molecule has 5 nitrogen and oxygen atoms in total. The molecule has 124 valence electrons. The van der Waals surface area contributed by atoms with Gasteiger partial charge in [0.15, 0.2) is 0 Å². The van der Waals surface area contributed by atoms with Gasteiger partial charge in [0, 0.05) is 25.0 Å². The van der Waals surface area contributed by atoms with Gasteiger partial charge < -0.3 is 14.4 Å². The van der Waals surface area contributed by atoms with Crippen LogP contribution < -0.4 is 0 Å². The first-order valence-corrected chi connectivity index (χ1v) is 8.27. The summed E-state index contributed by atoms with van der Waals surface area (Å²) in [6, 6.07) is 5.86. The summed E-state index contributed by atoms with van der Waals surface area (Å²) < 4.78 is 11.5. The second kappa shape index (κ2) is 7.70. The van der Waals surface area contributed by atoms with Crippen molar-refractivity contribution in [3.05, 3.63) is 42.7 Å². The van der Waals surface area contributed by atoms with E-state index >= 15 is 0 Å². The van der Waals surface area contributed by atoms with E-state index in [4.69, 9.17) is 9.47 Å². The van der Waals surface area contributed by atoms with E-state index in [2.05, 4.69) is 11.6 Å². The molecule has 1 aromatic rings. The molecular weight excluding hydrogens is 292 g/mol. The molecule has 0 N–H and O–H groups in total. The third-order valence-corrected chi connectivity index (χ3v) is 4.60. The summed E-state index contributed by atoms with van der Waals surface area (Å²) in [4.78, 5) is 18.9. The molecule has 2 heterocycles. The van der Waals surface area contributed by atoms with Crippen LogP contribution in [-0.2, 0) is 20.7 Å². The van der Waals surface area contributed by atoms with Crippen molar-refractivity contribution in [1.29, 1.82) is 0 Å². The molecule has 1 aliphatic heterocycles. The maximum absolute atomic E-state index is 12.7. The van der Waals surface area contributed by atoms with Gasteiger partial charge in [0.2, 0.25) is 5.91 Å². The van der Waals surface area contributed by atoms with Crippen molar-refractivity contribution in [3.8, 4) is 0 Å². The first-order chi connectivity index (χ1) is 11.3. The van der Waals surface area contributed by atoms with Gasteiger partial charge in [0.25, 0.3) is 0 Å². The van der Waals surface area contributed by atoms with Gasteiger partial charge >= 0.3 is 0 Å². The maximum atomic E-state index is 12.7. The lowest BCUT2D eigenvalue weighted by molar-refractivity contribution is -0.143. The molecule has 0 aromatic carbocycles. The molecular formula is C18H24N2O3. The van der Waals surface area contributed by atoms with Crippen LogP contribution in [0.2, 0.25) is 0 Å². The molecule has 3 atom stereocenters. The van der Waals surface area contributed by atoms with Crippen molar-refractivity contribution in [2.45, 2.75) is 31.4 Å². The van der Waals surface area contributed by atoms with Crippen molar-refractivity contribution < 1.29 is 14.3 Å². The van der Waals surface area contributed by atoms with E-state index < -0.39 is 0 Å². The van der Waals surface area contributed by atoms with Crippen LogP contribution in [0.1, 0.15) is 18.5 Å². The molecule has 1 saturated heterocycles. The Bertz CT molecular complexity index is 534. The van der Waals surface area contributed by atoms with Crippen LogP contribution in [0.4, 0.5) is 0 Å². The zero-order chi connectivity index (χ0) is 16.1. The third kappa shape index (κ3) is 3.98. The van der Waals surface area contributed by atoms with Crippen molar-refractivity contribution in [1.82, 2.24) is 9.88 Å². The average molecular weight is 316 g/mol. The zero-order valence-corrected chi connectivity index (χ0v) is 13.4. The molecule has 3 rings (SSSR count). The fourth-order valence-electron chi connectivity index (χ4n) is 3.57. The average Bonchev–Trinajstić information content (AvgIpc) is 2.98. The minimum atomic E-state index is 0.147. The van der Waals surface area contributed by atoms with Gasteiger partial charge in [0.05, 0.1) is 31.8 Å². The number of hydrogen-bond acceptors (Lipinski definition) is 4. The third-order valence-electron chi connectivity index (χ3n) is 4.60. The molecule has 5 heteroatoms. The van der Waals surface area contributed by atoms with Crippen LogP contribution >= 0.6 is 0 Å². The van der Waals surface area contributed by atoms with E-state index in [1.54, 1.807) is 12.3 Å². The zero-order valence-electron chi connectivity index (χ0n) is 13.4. The van der Waals surface area contributed by atoms with E-state index in [0.717, 1.165) is 18.5 Å². The first kappa shape index (κ1) is 16.1.